The van der Waals surface area contributed by atoms with E-state index in [-0.39, 0.29) is 17.6 Å². The van der Waals surface area contributed by atoms with Crippen molar-refractivity contribution in [3.05, 3.63) is 78.6 Å². The lowest BCUT2D eigenvalue weighted by Crippen LogP contribution is -2.34. The summed E-state index contributed by atoms with van der Waals surface area (Å²) in [7, 11) is 0. The van der Waals surface area contributed by atoms with E-state index in [9.17, 15) is 13.6 Å². The minimum atomic E-state index is -0.573. The number of halogens is 2. The highest BCUT2D eigenvalue weighted by Crippen LogP contribution is 2.34. The Morgan fingerprint density at radius 1 is 1.34 bits per heavy atom. The predicted molar refractivity (Wildman–Crippen MR) is 124 cm³/mol. The molecule has 5 nitrogen and oxygen atoms in total. The quantitative estimate of drug-likeness (QED) is 0.455. The number of nitrogens with zero attached hydrogens (tertiary/aromatic N) is 3. The second-order valence-corrected chi connectivity index (χ2v) is 10.3. The molecule has 2 atom stereocenters. The zero-order chi connectivity index (χ0) is 22.4. The predicted octanol–water partition coefficient (Wildman–Crippen LogP) is 4.76. The SMILES string of the molecule is Cc1nc([C@H](C)n2cnc3sc4c(c3c2=O)CC[C@H](NCc2ccc(F)cc2F)C4)cs1. The van der Waals surface area contributed by atoms with Crippen LogP contribution < -0.4 is 10.9 Å². The number of rotatable bonds is 5. The summed E-state index contributed by atoms with van der Waals surface area (Å²) < 4.78 is 28.7. The van der Waals surface area contributed by atoms with Crippen LogP contribution in [0.5, 0.6) is 0 Å². The van der Waals surface area contributed by atoms with Crippen LogP contribution in [0.4, 0.5) is 8.78 Å². The minimum absolute atomic E-state index is 0.0227. The van der Waals surface area contributed by atoms with Crippen molar-refractivity contribution in [3.63, 3.8) is 0 Å². The maximum absolute atomic E-state index is 13.9. The molecule has 0 fully saturated rings. The van der Waals surface area contributed by atoms with E-state index in [1.807, 2.05) is 19.2 Å². The van der Waals surface area contributed by atoms with E-state index >= 15 is 0 Å². The molecule has 3 heterocycles. The molecule has 0 radical (unpaired) electrons. The fraction of sp³-hybridized carbons (Fsp3) is 0.348. The Morgan fingerprint density at radius 2 is 2.19 bits per heavy atom. The smallest absolute Gasteiger partial charge is 0.262 e. The highest BCUT2D eigenvalue weighted by molar-refractivity contribution is 7.18. The molecule has 1 aliphatic carbocycles. The van der Waals surface area contributed by atoms with Crippen LogP contribution in [0.1, 0.15) is 46.1 Å². The van der Waals surface area contributed by atoms with Gasteiger partial charge in [0.25, 0.3) is 5.56 Å². The van der Waals surface area contributed by atoms with Crippen LogP contribution in [0.3, 0.4) is 0 Å². The molecule has 0 saturated heterocycles. The van der Waals surface area contributed by atoms with Gasteiger partial charge in [0, 0.05) is 34.5 Å². The molecular formula is C23H22F2N4OS2. The van der Waals surface area contributed by atoms with Crippen LogP contribution in [0.15, 0.2) is 34.7 Å². The van der Waals surface area contributed by atoms with Gasteiger partial charge in [-0.25, -0.2) is 18.7 Å². The van der Waals surface area contributed by atoms with Crippen LogP contribution in [0.25, 0.3) is 10.2 Å². The molecule has 1 aromatic carbocycles. The molecule has 4 aromatic rings. The lowest BCUT2D eigenvalue weighted by atomic mass is 9.93. The number of benzene rings is 1. The number of nitrogens with one attached hydrogen (secondary N) is 1. The molecule has 0 amide bonds. The number of aryl methyl sites for hydroxylation is 2. The Bertz CT molecular complexity index is 1360. The Labute approximate surface area is 191 Å². The summed E-state index contributed by atoms with van der Waals surface area (Å²) in [6.07, 6.45) is 4.00. The molecule has 32 heavy (non-hydrogen) atoms. The van der Waals surface area contributed by atoms with Crippen molar-refractivity contribution in [1.82, 2.24) is 19.9 Å². The third kappa shape index (κ3) is 3.89. The van der Waals surface area contributed by atoms with Crippen molar-refractivity contribution < 1.29 is 8.78 Å². The summed E-state index contributed by atoms with van der Waals surface area (Å²) in [5.74, 6) is -1.11. The van der Waals surface area contributed by atoms with Gasteiger partial charge >= 0.3 is 0 Å². The van der Waals surface area contributed by atoms with E-state index in [1.54, 1.807) is 33.6 Å². The maximum atomic E-state index is 13.9. The highest BCUT2D eigenvalue weighted by Gasteiger charge is 2.26. The zero-order valence-electron chi connectivity index (χ0n) is 17.7. The van der Waals surface area contributed by atoms with Crippen molar-refractivity contribution in [3.8, 4) is 0 Å². The first-order valence-electron chi connectivity index (χ1n) is 10.5. The van der Waals surface area contributed by atoms with Gasteiger partial charge in [0.05, 0.1) is 28.5 Å². The van der Waals surface area contributed by atoms with Crippen LogP contribution in [-0.4, -0.2) is 20.6 Å². The minimum Gasteiger partial charge on any atom is -0.309 e. The van der Waals surface area contributed by atoms with Gasteiger partial charge in [-0.1, -0.05) is 6.07 Å². The van der Waals surface area contributed by atoms with E-state index in [0.717, 1.165) is 51.3 Å². The largest absolute Gasteiger partial charge is 0.309 e. The average Bonchev–Trinajstić information content (AvgIpc) is 3.36. The number of hydrogen-bond donors (Lipinski definition) is 1. The monoisotopic (exact) mass is 472 g/mol. The summed E-state index contributed by atoms with van der Waals surface area (Å²) in [5.41, 5.74) is 2.39. The molecular weight excluding hydrogens is 450 g/mol. The molecule has 3 aromatic heterocycles. The molecule has 0 bridgehead atoms. The molecule has 1 aliphatic rings. The Hall–Kier alpha value is -2.49. The van der Waals surface area contributed by atoms with Crippen molar-refractivity contribution in [2.24, 2.45) is 0 Å². The topological polar surface area (TPSA) is 59.8 Å². The normalized spacial score (nSPS) is 16.9. The standard InChI is InChI=1S/C23H22F2N4OS2/c1-12(19-10-31-13(2)28-19)29-11-27-22-21(23(29)30)17-6-5-16(8-20(17)32-22)26-9-14-3-4-15(24)7-18(14)25/h3-4,7,10-12,16,26H,5-6,8-9H2,1-2H3/t12-,16-/m0/s1. The molecule has 0 spiro atoms. The number of fused-ring (bicyclic) bond motifs is 3. The van der Waals surface area contributed by atoms with Gasteiger partial charge in [0.15, 0.2) is 0 Å². The summed E-state index contributed by atoms with van der Waals surface area (Å²) in [6.45, 7) is 4.26. The lowest BCUT2D eigenvalue weighted by Gasteiger charge is -2.23. The number of thiazole rings is 1. The van der Waals surface area contributed by atoms with Crippen molar-refractivity contribution in [2.45, 2.75) is 51.7 Å². The highest BCUT2D eigenvalue weighted by atomic mass is 32.1. The van der Waals surface area contributed by atoms with Gasteiger partial charge in [-0.2, -0.15) is 0 Å². The zero-order valence-corrected chi connectivity index (χ0v) is 19.3. The van der Waals surface area contributed by atoms with Crippen LogP contribution in [0, 0.1) is 18.6 Å². The van der Waals surface area contributed by atoms with Gasteiger partial charge < -0.3 is 5.32 Å². The number of thiophene rings is 1. The summed E-state index contributed by atoms with van der Waals surface area (Å²) >= 11 is 3.14. The van der Waals surface area contributed by atoms with Gasteiger partial charge in [-0.15, -0.1) is 22.7 Å². The summed E-state index contributed by atoms with van der Waals surface area (Å²) in [4.78, 5) is 24.4. The van der Waals surface area contributed by atoms with Crippen molar-refractivity contribution in [1.29, 1.82) is 0 Å². The fourth-order valence-electron chi connectivity index (χ4n) is 4.26. The Morgan fingerprint density at radius 3 is 2.94 bits per heavy atom. The van der Waals surface area contributed by atoms with E-state index in [4.69, 9.17) is 0 Å². The summed E-state index contributed by atoms with van der Waals surface area (Å²) in [6, 6.07) is 3.65. The third-order valence-corrected chi connectivity index (χ3v) is 8.03. The van der Waals surface area contributed by atoms with Crippen LogP contribution in [-0.2, 0) is 19.4 Å². The van der Waals surface area contributed by atoms with Crippen molar-refractivity contribution >= 4 is 32.9 Å². The van der Waals surface area contributed by atoms with Gasteiger partial charge in [0.2, 0.25) is 0 Å². The molecule has 5 rings (SSSR count). The Balaban J connectivity index is 1.38. The van der Waals surface area contributed by atoms with Crippen molar-refractivity contribution in [2.75, 3.05) is 0 Å². The summed E-state index contributed by atoms with van der Waals surface area (Å²) in [5, 5.41) is 7.06. The van der Waals surface area contributed by atoms with E-state index in [0.29, 0.717) is 17.5 Å². The molecule has 0 saturated carbocycles. The van der Waals surface area contributed by atoms with E-state index in [2.05, 4.69) is 15.3 Å². The van der Waals surface area contributed by atoms with Crippen LogP contribution >= 0.6 is 22.7 Å². The first-order valence-corrected chi connectivity index (χ1v) is 12.2. The lowest BCUT2D eigenvalue weighted by molar-refractivity contribution is 0.454. The first-order chi connectivity index (χ1) is 15.4. The van der Waals surface area contributed by atoms with Gasteiger partial charge in [-0.05, 0) is 44.7 Å². The second-order valence-electron chi connectivity index (χ2n) is 8.16. The molecule has 0 unspecified atom stereocenters. The molecule has 0 aliphatic heterocycles. The molecule has 1 N–H and O–H groups in total. The van der Waals surface area contributed by atoms with Gasteiger partial charge in [-0.3, -0.25) is 9.36 Å². The van der Waals surface area contributed by atoms with Crippen LogP contribution in [0.2, 0.25) is 0 Å². The molecule has 166 valence electrons. The average molecular weight is 473 g/mol. The fourth-order valence-corrected chi connectivity index (χ4v) is 6.22. The van der Waals surface area contributed by atoms with Gasteiger partial charge in [0.1, 0.15) is 16.5 Å². The number of hydrogen-bond acceptors (Lipinski definition) is 6. The first kappa shape index (κ1) is 21.4. The molecule has 9 heteroatoms. The maximum Gasteiger partial charge on any atom is 0.262 e. The number of aromatic nitrogens is 3. The van der Waals surface area contributed by atoms with E-state index in [1.165, 1.54) is 12.1 Å². The third-order valence-electron chi connectivity index (χ3n) is 6.07. The second kappa shape index (κ2) is 8.46. The Kier molecular flexibility index (Phi) is 5.65. The van der Waals surface area contributed by atoms with E-state index < -0.39 is 11.6 Å².